The van der Waals surface area contributed by atoms with Gasteiger partial charge in [-0.15, -0.1) is 0 Å². The molecule has 8 heteroatoms. The van der Waals surface area contributed by atoms with Crippen LogP contribution in [0, 0.1) is 5.82 Å². The van der Waals surface area contributed by atoms with E-state index in [0.29, 0.717) is 16.3 Å². The Morgan fingerprint density at radius 2 is 1.78 bits per heavy atom. The van der Waals surface area contributed by atoms with E-state index in [-0.39, 0.29) is 31.5 Å². The average molecular weight is 576 g/mol. The maximum absolute atomic E-state index is 14.6. The number of hydrogen-bond donors (Lipinski definition) is 1. The van der Waals surface area contributed by atoms with Crippen molar-refractivity contribution in [3.8, 4) is 5.75 Å². The number of rotatable bonds is 11. The van der Waals surface area contributed by atoms with Crippen LogP contribution in [0.4, 0.5) is 4.39 Å². The fourth-order valence-corrected chi connectivity index (χ4v) is 4.35. The van der Waals surface area contributed by atoms with Crippen molar-refractivity contribution in [3.05, 3.63) is 99.2 Å². The van der Waals surface area contributed by atoms with Crippen LogP contribution >= 0.6 is 27.5 Å². The van der Waals surface area contributed by atoms with Crippen LogP contribution in [0.15, 0.2) is 77.3 Å². The lowest BCUT2D eigenvalue weighted by molar-refractivity contribution is -0.143. The topological polar surface area (TPSA) is 58.6 Å². The summed E-state index contributed by atoms with van der Waals surface area (Å²) >= 11 is 9.58. The van der Waals surface area contributed by atoms with E-state index in [9.17, 15) is 14.0 Å². The molecule has 3 aromatic rings. The number of amides is 2. The molecule has 3 aromatic carbocycles. The standard InChI is InChI=1S/C28H29BrClFN2O3/c1-3-19(2)32-28(35)25(15-20-9-5-4-6-10-20)33(17-21-11-7-8-12-24(21)31)27(34)18-36-26-14-13-22(29)16-23(26)30/h4-14,16,19,25H,3,15,17-18H2,1-2H3,(H,32,35)/t19-,25+/m1/s1. The summed E-state index contributed by atoms with van der Waals surface area (Å²) in [6.07, 6.45) is 0.999. The molecule has 0 aromatic heterocycles. The van der Waals surface area contributed by atoms with Gasteiger partial charge in [-0.3, -0.25) is 9.59 Å². The Labute approximate surface area is 224 Å². The average Bonchev–Trinajstić information content (AvgIpc) is 2.87. The van der Waals surface area contributed by atoms with Gasteiger partial charge in [-0.1, -0.05) is 83.0 Å². The first-order chi connectivity index (χ1) is 17.3. The van der Waals surface area contributed by atoms with Gasteiger partial charge in [0.05, 0.1) is 5.02 Å². The second-order valence-corrected chi connectivity index (χ2v) is 9.82. The number of halogens is 3. The molecule has 0 aliphatic rings. The van der Waals surface area contributed by atoms with Gasteiger partial charge in [0.2, 0.25) is 5.91 Å². The molecule has 0 heterocycles. The van der Waals surface area contributed by atoms with Gasteiger partial charge in [-0.25, -0.2) is 4.39 Å². The van der Waals surface area contributed by atoms with E-state index in [1.165, 1.54) is 11.0 Å². The summed E-state index contributed by atoms with van der Waals surface area (Å²) in [5.41, 5.74) is 1.19. The van der Waals surface area contributed by atoms with Gasteiger partial charge in [-0.05, 0) is 43.2 Å². The molecule has 0 unspecified atom stereocenters. The Balaban J connectivity index is 1.93. The molecular formula is C28H29BrClFN2O3. The van der Waals surface area contributed by atoms with E-state index in [1.807, 2.05) is 44.2 Å². The van der Waals surface area contributed by atoms with Crippen LogP contribution in [0.2, 0.25) is 5.02 Å². The molecule has 2 atom stereocenters. The lowest BCUT2D eigenvalue weighted by Gasteiger charge is -2.32. The summed E-state index contributed by atoms with van der Waals surface area (Å²) in [4.78, 5) is 28.4. The lowest BCUT2D eigenvalue weighted by atomic mass is 10.0. The van der Waals surface area contributed by atoms with E-state index in [4.69, 9.17) is 16.3 Å². The number of nitrogens with zero attached hydrogens (tertiary/aromatic N) is 1. The number of hydrogen-bond acceptors (Lipinski definition) is 3. The van der Waals surface area contributed by atoms with Gasteiger partial charge in [-0.2, -0.15) is 0 Å². The molecule has 1 N–H and O–H groups in total. The molecule has 0 aliphatic heterocycles. The zero-order valence-corrected chi connectivity index (χ0v) is 22.6. The molecular weight excluding hydrogens is 547 g/mol. The second kappa shape index (κ2) is 13.4. The molecule has 0 fully saturated rings. The van der Waals surface area contributed by atoms with E-state index in [1.54, 1.807) is 36.4 Å². The smallest absolute Gasteiger partial charge is 0.261 e. The van der Waals surface area contributed by atoms with E-state index < -0.39 is 17.8 Å². The number of carbonyl (C=O) groups excluding carboxylic acids is 2. The third kappa shape index (κ3) is 7.80. The van der Waals surface area contributed by atoms with Crippen molar-refractivity contribution in [3.63, 3.8) is 0 Å². The van der Waals surface area contributed by atoms with Crippen molar-refractivity contribution in [2.45, 2.75) is 45.3 Å². The molecule has 0 spiro atoms. The van der Waals surface area contributed by atoms with Crippen LogP contribution in [0.5, 0.6) is 5.75 Å². The first kappa shape index (κ1) is 27.7. The third-order valence-electron chi connectivity index (χ3n) is 5.82. The number of benzene rings is 3. The Morgan fingerprint density at radius 3 is 2.44 bits per heavy atom. The van der Waals surface area contributed by atoms with Crippen molar-refractivity contribution in [1.29, 1.82) is 0 Å². The molecule has 5 nitrogen and oxygen atoms in total. The molecule has 0 saturated carbocycles. The maximum Gasteiger partial charge on any atom is 0.261 e. The number of carbonyl (C=O) groups is 2. The van der Waals surface area contributed by atoms with Gasteiger partial charge >= 0.3 is 0 Å². The van der Waals surface area contributed by atoms with Crippen LogP contribution in [0.3, 0.4) is 0 Å². The molecule has 0 radical (unpaired) electrons. The molecule has 190 valence electrons. The highest BCUT2D eigenvalue weighted by Gasteiger charge is 2.31. The second-order valence-electron chi connectivity index (χ2n) is 8.50. The number of nitrogens with one attached hydrogen (secondary N) is 1. The molecule has 36 heavy (non-hydrogen) atoms. The fourth-order valence-electron chi connectivity index (χ4n) is 3.62. The van der Waals surface area contributed by atoms with Crippen LogP contribution in [0.25, 0.3) is 0 Å². The summed E-state index contributed by atoms with van der Waals surface area (Å²) < 4.78 is 21.1. The Hall–Kier alpha value is -2.90. The van der Waals surface area contributed by atoms with E-state index in [2.05, 4.69) is 21.2 Å². The van der Waals surface area contributed by atoms with Crippen LogP contribution in [-0.4, -0.2) is 35.4 Å². The molecule has 0 bridgehead atoms. The Morgan fingerprint density at radius 1 is 1.08 bits per heavy atom. The lowest BCUT2D eigenvalue weighted by Crippen LogP contribution is -2.53. The molecule has 3 rings (SSSR count). The van der Waals surface area contributed by atoms with E-state index in [0.717, 1.165) is 16.5 Å². The van der Waals surface area contributed by atoms with Crippen molar-refractivity contribution in [2.75, 3.05) is 6.61 Å². The van der Waals surface area contributed by atoms with Gasteiger partial charge in [0.25, 0.3) is 5.91 Å². The SMILES string of the molecule is CC[C@@H](C)NC(=O)[C@H](Cc1ccccc1)N(Cc1ccccc1F)C(=O)COc1ccc(Br)cc1Cl. The molecule has 0 saturated heterocycles. The first-order valence-corrected chi connectivity index (χ1v) is 12.9. The highest BCUT2D eigenvalue weighted by molar-refractivity contribution is 9.10. The zero-order chi connectivity index (χ0) is 26.1. The quantitative estimate of drug-likeness (QED) is 0.297. The van der Waals surface area contributed by atoms with Gasteiger partial charge in [0.15, 0.2) is 6.61 Å². The first-order valence-electron chi connectivity index (χ1n) is 11.7. The van der Waals surface area contributed by atoms with Gasteiger partial charge in [0, 0.05) is 29.0 Å². The predicted molar refractivity (Wildman–Crippen MR) is 143 cm³/mol. The van der Waals surface area contributed by atoms with Crippen molar-refractivity contribution in [2.24, 2.45) is 0 Å². The minimum atomic E-state index is -0.877. The molecule has 2 amide bonds. The Kier molecular flexibility index (Phi) is 10.3. The fraction of sp³-hybridized carbons (Fsp3) is 0.286. The summed E-state index contributed by atoms with van der Waals surface area (Å²) in [5, 5.41) is 3.32. The molecule has 0 aliphatic carbocycles. The van der Waals surface area contributed by atoms with Gasteiger partial charge in [0.1, 0.15) is 17.6 Å². The monoisotopic (exact) mass is 574 g/mol. The number of ether oxygens (including phenoxy) is 1. The predicted octanol–water partition coefficient (Wildman–Crippen LogP) is 6.18. The minimum absolute atomic E-state index is 0.0843. The highest BCUT2D eigenvalue weighted by Crippen LogP contribution is 2.28. The van der Waals surface area contributed by atoms with E-state index >= 15 is 0 Å². The summed E-state index contributed by atoms with van der Waals surface area (Å²) in [7, 11) is 0. The third-order valence-corrected chi connectivity index (χ3v) is 6.60. The maximum atomic E-state index is 14.6. The van der Waals surface area contributed by atoms with Crippen molar-refractivity contribution in [1.82, 2.24) is 10.2 Å². The van der Waals surface area contributed by atoms with Crippen molar-refractivity contribution >= 4 is 39.3 Å². The zero-order valence-electron chi connectivity index (χ0n) is 20.2. The largest absolute Gasteiger partial charge is 0.482 e. The summed E-state index contributed by atoms with van der Waals surface area (Å²) in [6, 6.07) is 19.8. The minimum Gasteiger partial charge on any atom is -0.482 e. The summed E-state index contributed by atoms with van der Waals surface area (Å²) in [5.74, 6) is -0.882. The van der Waals surface area contributed by atoms with Crippen LogP contribution < -0.4 is 10.1 Å². The van der Waals surface area contributed by atoms with Crippen LogP contribution in [-0.2, 0) is 22.6 Å². The highest BCUT2D eigenvalue weighted by atomic mass is 79.9. The Bertz CT molecular complexity index is 1180. The van der Waals surface area contributed by atoms with Gasteiger partial charge < -0.3 is 15.0 Å². The summed E-state index contributed by atoms with van der Waals surface area (Å²) in [6.45, 7) is 3.42. The normalized spacial score (nSPS) is 12.5. The van der Waals surface area contributed by atoms with Crippen LogP contribution in [0.1, 0.15) is 31.4 Å². The van der Waals surface area contributed by atoms with Crippen molar-refractivity contribution < 1.29 is 18.7 Å².